The Hall–Kier alpha value is -1.55. The molecule has 2 rings (SSSR count). The molecule has 1 aliphatic heterocycles. The van der Waals surface area contributed by atoms with Crippen LogP contribution in [0.2, 0.25) is 0 Å². The van der Waals surface area contributed by atoms with Crippen LogP contribution >= 0.6 is 0 Å². The van der Waals surface area contributed by atoms with Crippen molar-refractivity contribution in [2.45, 2.75) is 12.8 Å². The van der Waals surface area contributed by atoms with Crippen molar-refractivity contribution in [1.82, 2.24) is 0 Å². The van der Waals surface area contributed by atoms with E-state index in [0.717, 1.165) is 5.56 Å². The Bertz CT molecular complexity index is 376. The van der Waals surface area contributed by atoms with E-state index in [-0.39, 0.29) is 18.4 Å². The Morgan fingerprint density at radius 3 is 2.86 bits per heavy atom. The van der Waals surface area contributed by atoms with Gasteiger partial charge in [-0.1, -0.05) is 6.07 Å². The summed E-state index contributed by atoms with van der Waals surface area (Å²) in [6.45, 7) is -0.338. The van der Waals surface area contributed by atoms with Crippen LogP contribution in [-0.4, -0.2) is 22.9 Å². The van der Waals surface area contributed by atoms with Gasteiger partial charge in [-0.25, -0.2) is 0 Å². The maximum atomic E-state index is 11.4. The number of aromatic hydroxyl groups is 1. The van der Waals surface area contributed by atoms with Gasteiger partial charge in [0, 0.05) is 12.5 Å². The Kier molecular flexibility index (Phi) is 2.13. The number of aliphatic hydroxyl groups excluding tert-OH is 1. The van der Waals surface area contributed by atoms with Crippen molar-refractivity contribution in [1.29, 1.82) is 0 Å². The molecule has 4 heteroatoms. The third-order valence-corrected chi connectivity index (χ3v) is 2.41. The van der Waals surface area contributed by atoms with Gasteiger partial charge < -0.3 is 10.2 Å². The van der Waals surface area contributed by atoms with Gasteiger partial charge in [0.05, 0.1) is 5.69 Å². The molecule has 4 nitrogen and oxygen atoms in total. The lowest BCUT2D eigenvalue weighted by Gasteiger charge is -2.27. The lowest BCUT2D eigenvalue weighted by molar-refractivity contribution is -0.119. The van der Waals surface area contributed by atoms with Crippen LogP contribution in [0.5, 0.6) is 5.75 Å². The smallest absolute Gasteiger partial charge is 0.229 e. The summed E-state index contributed by atoms with van der Waals surface area (Å²) < 4.78 is 0. The predicted octanol–water partition coefficient (Wildman–Crippen LogP) is 0.621. The number of rotatable bonds is 1. The summed E-state index contributed by atoms with van der Waals surface area (Å²) in [5, 5.41) is 18.3. The minimum Gasteiger partial charge on any atom is -0.508 e. The quantitative estimate of drug-likeness (QED) is 0.687. The van der Waals surface area contributed by atoms with E-state index in [9.17, 15) is 9.90 Å². The van der Waals surface area contributed by atoms with Gasteiger partial charge in [0.1, 0.15) is 12.5 Å². The molecule has 1 aromatic carbocycles. The first-order valence-corrected chi connectivity index (χ1v) is 4.45. The highest BCUT2D eigenvalue weighted by molar-refractivity contribution is 5.96. The van der Waals surface area contributed by atoms with Gasteiger partial charge in [0.2, 0.25) is 5.91 Å². The normalized spacial score (nSPS) is 15.5. The zero-order chi connectivity index (χ0) is 10.1. The zero-order valence-electron chi connectivity index (χ0n) is 7.60. The fourth-order valence-corrected chi connectivity index (χ4v) is 1.68. The van der Waals surface area contributed by atoms with E-state index in [4.69, 9.17) is 5.11 Å². The van der Waals surface area contributed by atoms with Crippen LogP contribution in [0.3, 0.4) is 0 Å². The third kappa shape index (κ3) is 1.33. The number of hydrogen-bond acceptors (Lipinski definition) is 3. The molecular formula is C10H11NO3. The molecule has 0 atom stereocenters. The van der Waals surface area contributed by atoms with Crippen LogP contribution in [0, 0.1) is 0 Å². The first kappa shape index (κ1) is 9.02. The Morgan fingerprint density at radius 2 is 2.14 bits per heavy atom. The average Bonchev–Trinajstić information content (AvgIpc) is 2.17. The van der Waals surface area contributed by atoms with Crippen LogP contribution in [0.4, 0.5) is 5.69 Å². The number of aliphatic hydroxyl groups is 1. The van der Waals surface area contributed by atoms with E-state index >= 15 is 0 Å². The van der Waals surface area contributed by atoms with Crippen molar-refractivity contribution in [3.05, 3.63) is 23.8 Å². The molecule has 1 aromatic rings. The van der Waals surface area contributed by atoms with E-state index in [1.165, 1.54) is 11.0 Å². The number of amides is 1. The number of benzene rings is 1. The van der Waals surface area contributed by atoms with E-state index in [2.05, 4.69) is 0 Å². The van der Waals surface area contributed by atoms with Crippen molar-refractivity contribution < 1.29 is 15.0 Å². The van der Waals surface area contributed by atoms with Crippen molar-refractivity contribution in [3.63, 3.8) is 0 Å². The molecule has 74 valence electrons. The summed E-state index contributed by atoms with van der Waals surface area (Å²) in [6.07, 6.45) is 1.09. The summed E-state index contributed by atoms with van der Waals surface area (Å²) in [4.78, 5) is 12.7. The standard InChI is InChI=1S/C10H11NO3/c12-6-11-9-5-8(13)3-1-7(9)2-4-10(11)14/h1,3,5,12-13H,2,4,6H2. The van der Waals surface area contributed by atoms with Gasteiger partial charge in [-0.2, -0.15) is 0 Å². The fraction of sp³-hybridized carbons (Fsp3) is 0.300. The molecule has 1 amide bonds. The lowest BCUT2D eigenvalue weighted by atomic mass is 10.0. The predicted molar refractivity (Wildman–Crippen MR) is 51.0 cm³/mol. The summed E-state index contributed by atoms with van der Waals surface area (Å²) in [5.41, 5.74) is 1.60. The number of aryl methyl sites for hydroxylation is 1. The van der Waals surface area contributed by atoms with Crippen LogP contribution in [0.15, 0.2) is 18.2 Å². The molecule has 0 saturated carbocycles. The van der Waals surface area contributed by atoms with Gasteiger partial charge in [-0.15, -0.1) is 0 Å². The number of phenolic OH excluding ortho intramolecular Hbond substituents is 1. The summed E-state index contributed by atoms with van der Waals surface area (Å²) in [5.74, 6) is 0.00231. The Balaban J connectivity index is 2.49. The third-order valence-electron chi connectivity index (χ3n) is 2.41. The second kappa shape index (κ2) is 3.31. The second-order valence-electron chi connectivity index (χ2n) is 3.28. The number of carbonyl (C=O) groups is 1. The van der Waals surface area contributed by atoms with Crippen LogP contribution in [0.25, 0.3) is 0 Å². The highest BCUT2D eigenvalue weighted by atomic mass is 16.3. The number of anilines is 1. The molecule has 0 radical (unpaired) electrons. The first-order valence-electron chi connectivity index (χ1n) is 4.45. The maximum absolute atomic E-state index is 11.4. The molecule has 0 saturated heterocycles. The second-order valence-corrected chi connectivity index (χ2v) is 3.28. The molecule has 1 aliphatic rings. The van der Waals surface area contributed by atoms with E-state index < -0.39 is 0 Å². The van der Waals surface area contributed by atoms with Gasteiger partial charge in [0.25, 0.3) is 0 Å². The topological polar surface area (TPSA) is 60.8 Å². The van der Waals surface area contributed by atoms with Gasteiger partial charge in [-0.3, -0.25) is 9.69 Å². The molecule has 1 heterocycles. The van der Waals surface area contributed by atoms with Gasteiger partial charge in [-0.05, 0) is 18.1 Å². The highest BCUT2D eigenvalue weighted by Crippen LogP contribution is 2.30. The van der Waals surface area contributed by atoms with Crippen LogP contribution in [0.1, 0.15) is 12.0 Å². The van der Waals surface area contributed by atoms with Crippen molar-refractivity contribution >= 4 is 11.6 Å². The monoisotopic (exact) mass is 193 g/mol. The lowest BCUT2D eigenvalue weighted by Crippen LogP contribution is -2.35. The molecule has 0 aromatic heterocycles. The molecule has 14 heavy (non-hydrogen) atoms. The Labute approximate surface area is 81.4 Å². The molecule has 0 spiro atoms. The number of carbonyl (C=O) groups excluding carboxylic acids is 1. The number of fused-ring (bicyclic) bond motifs is 1. The van der Waals surface area contributed by atoms with Crippen LogP contribution < -0.4 is 4.90 Å². The summed E-state index contributed by atoms with van der Waals surface area (Å²) >= 11 is 0. The molecule has 0 unspecified atom stereocenters. The van der Waals surface area contributed by atoms with Crippen LogP contribution in [-0.2, 0) is 11.2 Å². The van der Waals surface area contributed by atoms with Gasteiger partial charge >= 0.3 is 0 Å². The largest absolute Gasteiger partial charge is 0.508 e. The zero-order valence-corrected chi connectivity index (χ0v) is 7.60. The molecule has 0 bridgehead atoms. The minimum absolute atomic E-state index is 0.106. The number of hydrogen-bond donors (Lipinski definition) is 2. The maximum Gasteiger partial charge on any atom is 0.229 e. The molecule has 2 N–H and O–H groups in total. The average molecular weight is 193 g/mol. The van der Waals surface area contributed by atoms with E-state index in [1.807, 2.05) is 0 Å². The molecule has 0 fully saturated rings. The van der Waals surface area contributed by atoms with Crippen molar-refractivity contribution in [2.24, 2.45) is 0 Å². The fourth-order valence-electron chi connectivity index (χ4n) is 1.68. The summed E-state index contributed by atoms with van der Waals surface area (Å²) in [7, 11) is 0. The number of phenols is 1. The molecular weight excluding hydrogens is 182 g/mol. The minimum atomic E-state index is -0.338. The van der Waals surface area contributed by atoms with Gasteiger partial charge in [0.15, 0.2) is 0 Å². The Morgan fingerprint density at radius 1 is 1.36 bits per heavy atom. The van der Waals surface area contributed by atoms with Crippen molar-refractivity contribution in [2.75, 3.05) is 11.6 Å². The van der Waals surface area contributed by atoms with E-state index in [0.29, 0.717) is 18.5 Å². The van der Waals surface area contributed by atoms with E-state index in [1.54, 1.807) is 12.1 Å². The highest BCUT2D eigenvalue weighted by Gasteiger charge is 2.23. The summed E-state index contributed by atoms with van der Waals surface area (Å²) in [6, 6.07) is 4.87. The number of nitrogens with zero attached hydrogens (tertiary/aromatic N) is 1. The molecule has 0 aliphatic carbocycles. The SMILES string of the molecule is O=C1CCc2ccc(O)cc2N1CO. The van der Waals surface area contributed by atoms with Crippen molar-refractivity contribution in [3.8, 4) is 5.75 Å². The first-order chi connectivity index (χ1) is 6.72.